The van der Waals surface area contributed by atoms with Crippen LogP contribution in [0.5, 0.6) is 0 Å². The van der Waals surface area contributed by atoms with Crippen molar-refractivity contribution in [1.29, 1.82) is 0 Å². The van der Waals surface area contributed by atoms with E-state index >= 15 is 0 Å². The molecule has 0 aliphatic heterocycles. The summed E-state index contributed by atoms with van der Waals surface area (Å²) in [4.78, 5) is -0.605. The Morgan fingerprint density at radius 3 is 2.29 bits per heavy atom. The molecule has 1 aromatic rings. The second-order valence-corrected chi connectivity index (χ2v) is 6.50. The van der Waals surface area contributed by atoms with Gasteiger partial charge in [-0.3, -0.25) is 0 Å². The van der Waals surface area contributed by atoms with Crippen LogP contribution in [0.3, 0.4) is 0 Å². The van der Waals surface area contributed by atoms with Crippen molar-refractivity contribution in [3.63, 3.8) is 0 Å². The van der Waals surface area contributed by atoms with E-state index in [9.17, 15) is 17.2 Å². The van der Waals surface area contributed by atoms with Gasteiger partial charge in [0.2, 0.25) is 0 Å². The van der Waals surface area contributed by atoms with E-state index in [0.717, 1.165) is 18.4 Å². The Labute approximate surface area is 98.5 Å². The largest absolute Gasteiger partial charge is 0.330 e. The third-order valence-electron chi connectivity index (χ3n) is 3.24. The lowest BCUT2D eigenvalue weighted by Crippen LogP contribution is -2.21. The molecule has 0 aromatic heterocycles. The monoisotopic (exact) mass is 261 g/mol. The van der Waals surface area contributed by atoms with Crippen LogP contribution in [0.1, 0.15) is 18.4 Å². The van der Waals surface area contributed by atoms with E-state index in [0.29, 0.717) is 12.8 Å². The molecule has 94 valence electrons. The summed E-state index contributed by atoms with van der Waals surface area (Å²) in [7, 11) is -3.75. The summed E-state index contributed by atoms with van der Waals surface area (Å²) in [5.41, 5.74) is 5.22. The number of sulfone groups is 1. The normalized spacial score (nSPS) is 18.1. The first-order valence-electron chi connectivity index (χ1n) is 5.20. The van der Waals surface area contributed by atoms with Crippen LogP contribution < -0.4 is 5.73 Å². The first-order valence-corrected chi connectivity index (χ1v) is 7.09. The summed E-state index contributed by atoms with van der Waals surface area (Å²) in [6.45, 7) is 0.238. The van der Waals surface area contributed by atoms with Crippen molar-refractivity contribution >= 4 is 9.84 Å². The summed E-state index contributed by atoms with van der Waals surface area (Å²) in [6, 6.07) is 1.71. The molecule has 1 aliphatic carbocycles. The fourth-order valence-corrected chi connectivity index (χ4v) is 2.68. The van der Waals surface area contributed by atoms with Crippen LogP contribution in [0.2, 0.25) is 0 Å². The van der Waals surface area contributed by atoms with Crippen molar-refractivity contribution in [2.75, 3.05) is 12.8 Å². The van der Waals surface area contributed by atoms with E-state index in [1.807, 2.05) is 0 Å². The van der Waals surface area contributed by atoms with Crippen molar-refractivity contribution in [3.8, 4) is 0 Å². The van der Waals surface area contributed by atoms with Crippen LogP contribution in [0.4, 0.5) is 8.78 Å². The number of nitrogens with two attached hydrogens (primary N) is 1. The number of rotatable bonds is 3. The van der Waals surface area contributed by atoms with E-state index in [4.69, 9.17) is 5.73 Å². The average Bonchev–Trinajstić information content (AvgIpc) is 3.00. The quantitative estimate of drug-likeness (QED) is 0.893. The van der Waals surface area contributed by atoms with Gasteiger partial charge >= 0.3 is 0 Å². The zero-order valence-electron chi connectivity index (χ0n) is 9.33. The lowest BCUT2D eigenvalue weighted by atomic mass is 9.95. The second kappa shape index (κ2) is 3.74. The Bertz CT molecular complexity index is 565. The van der Waals surface area contributed by atoms with Crippen molar-refractivity contribution < 1.29 is 17.2 Å². The minimum Gasteiger partial charge on any atom is -0.330 e. The molecule has 0 radical (unpaired) electrons. The number of hydrogen-bond acceptors (Lipinski definition) is 3. The third-order valence-corrected chi connectivity index (χ3v) is 4.35. The van der Waals surface area contributed by atoms with Crippen LogP contribution >= 0.6 is 0 Å². The van der Waals surface area contributed by atoms with E-state index in [-0.39, 0.29) is 12.1 Å². The molecular weight excluding hydrogens is 248 g/mol. The molecule has 1 saturated carbocycles. The average molecular weight is 261 g/mol. The molecule has 0 unspecified atom stereocenters. The van der Waals surface area contributed by atoms with Gasteiger partial charge in [0, 0.05) is 18.2 Å². The minimum atomic E-state index is -3.75. The van der Waals surface area contributed by atoms with Crippen molar-refractivity contribution in [2.45, 2.75) is 23.2 Å². The Kier molecular flexibility index (Phi) is 2.74. The van der Waals surface area contributed by atoms with Gasteiger partial charge in [-0.1, -0.05) is 0 Å². The van der Waals surface area contributed by atoms with Crippen LogP contribution in [-0.4, -0.2) is 21.2 Å². The van der Waals surface area contributed by atoms with Gasteiger partial charge < -0.3 is 5.73 Å². The first-order chi connectivity index (χ1) is 7.80. The molecule has 1 fully saturated rings. The molecule has 1 aliphatic rings. The zero-order chi connectivity index (χ0) is 12.8. The Morgan fingerprint density at radius 1 is 1.29 bits per heavy atom. The predicted octanol–water partition coefficient (Wildman–Crippen LogP) is 1.36. The van der Waals surface area contributed by atoms with E-state index in [1.165, 1.54) is 0 Å². The minimum absolute atomic E-state index is 0.185. The topological polar surface area (TPSA) is 60.2 Å². The summed E-state index contributed by atoms with van der Waals surface area (Å²) in [5, 5.41) is 0. The summed E-state index contributed by atoms with van der Waals surface area (Å²) in [5.74, 6) is -1.61. The van der Waals surface area contributed by atoms with Crippen LogP contribution in [0.25, 0.3) is 0 Å². The van der Waals surface area contributed by atoms with Gasteiger partial charge in [0.25, 0.3) is 0 Å². The molecule has 0 saturated heterocycles. The number of halogens is 2. The highest BCUT2D eigenvalue weighted by Gasteiger charge is 2.45. The molecule has 3 nitrogen and oxygen atoms in total. The van der Waals surface area contributed by atoms with Crippen molar-refractivity contribution in [2.24, 2.45) is 5.73 Å². The Balaban J connectivity index is 2.58. The highest BCUT2D eigenvalue weighted by molar-refractivity contribution is 7.90. The SMILES string of the molecule is CS(=O)(=O)c1cc(F)c(C2(CN)CC2)cc1F. The molecule has 1 aromatic carbocycles. The molecule has 0 atom stereocenters. The highest BCUT2D eigenvalue weighted by atomic mass is 32.2. The summed E-state index contributed by atoms with van der Waals surface area (Å²) in [6.07, 6.45) is 2.26. The van der Waals surface area contributed by atoms with E-state index in [2.05, 4.69) is 0 Å². The maximum atomic E-state index is 13.8. The third kappa shape index (κ3) is 2.07. The molecule has 17 heavy (non-hydrogen) atoms. The summed E-state index contributed by atoms with van der Waals surface area (Å²) < 4.78 is 49.9. The van der Waals surface area contributed by atoms with Gasteiger partial charge in [-0.2, -0.15) is 0 Å². The molecule has 0 amide bonds. The Morgan fingerprint density at radius 2 is 1.88 bits per heavy atom. The van der Waals surface area contributed by atoms with Gasteiger partial charge in [0.1, 0.15) is 16.5 Å². The van der Waals surface area contributed by atoms with Crippen LogP contribution in [-0.2, 0) is 15.3 Å². The van der Waals surface area contributed by atoms with Gasteiger partial charge in [-0.15, -0.1) is 0 Å². The molecule has 0 heterocycles. The first kappa shape index (κ1) is 12.4. The van der Waals surface area contributed by atoms with Crippen LogP contribution in [0.15, 0.2) is 17.0 Å². The zero-order valence-corrected chi connectivity index (χ0v) is 10.2. The Hall–Kier alpha value is -1.01. The second-order valence-electron chi connectivity index (χ2n) is 4.52. The molecular formula is C11H13F2NO2S. The maximum Gasteiger partial charge on any atom is 0.178 e. The van der Waals surface area contributed by atoms with Gasteiger partial charge in [-0.05, 0) is 30.5 Å². The standard InChI is InChI=1S/C11H13F2NO2S/c1-17(15,16)10-5-8(12)7(4-9(10)13)11(6-14)2-3-11/h4-5H,2-3,6,14H2,1H3. The lowest BCUT2D eigenvalue weighted by Gasteiger charge is -2.15. The smallest absolute Gasteiger partial charge is 0.178 e. The van der Waals surface area contributed by atoms with Crippen molar-refractivity contribution in [3.05, 3.63) is 29.3 Å². The maximum absolute atomic E-state index is 13.8. The lowest BCUT2D eigenvalue weighted by molar-refractivity contribution is 0.531. The van der Waals surface area contributed by atoms with Crippen LogP contribution in [0, 0.1) is 11.6 Å². The molecule has 0 bridgehead atoms. The van der Waals surface area contributed by atoms with Gasteiger partial charge in [0.15, 0.2) is 9.84 Å². The van der Waals surface area contributed by atoms with E-state index in [1.54, 1.807) is 0 Å². The fraction of sp³-hybridized carbons (Fsp3) is 0.455. The molecule has 0 spiro atoms. The molecule has 2 N–H and O–H groups in total. The van der Waals surface area contributed by atoms with Gasteiger partial charge in [-0.25, -0.2) is 17.2 Å². The van der Waals surface area contributed by atoms with Gasteiger partial charge in [0.05, 0.1) is 0 Å². The van der Waals surface area contributed by atoms with Crippen molar-refractivity contribution in [1.82, 2.24) is 0 Å². The summed E-state index contributed by atoms with van der Waals surface area (Å²) >= 11 is 0. The van der Waals surface area contributed by atoms with E-state index < -0.39 is 31.8 Å². The highest BCUT2D eigenvalue weighted by Crippen LogP contribution is 2.48. The molecule has 6 heteroatoms. The molecule has 2 rings (SSSR count). The fourth-order valence-electron chi connectivity index (χ4n) is 1.95. The number of hydrogen-bond donors (Lipinski definition) is 1. The number of benzene rings is 1. The predicted molar refractivity (Wildman–Crippen MR) is 59.4 cm³/mol.